The van der Waals surface area contributed by atoms with Crippen LogP contribution in [0.4, 0.5) is 0 Å². The molecule has 2 aliphatic heterocycles. The van der Waals surface area contributed by atoms with Crippen molar-refractivity contribution in [3.63, 3.8) is 0 Å². The second kappa shape index (κ2) is 4.87. The Morgan fingerprint density at radius 2 is 1.76 bits per heavy atom. The van der Waals surface area contributed by atoms with Crippen molar-refractivity contribution >= 4 is 0 Å². The third-order valence-electron chi connectivity index (χ3n) is 3.65. The molecule has 0 amide bonds. The van der Waals surface area contributed by atoms with Crippen LogP contribution >= 0.6 is 0 Å². The van der Waals surface area contributed by atoms with Crippen molar-refractivity contribution in [3.8, 4) is 0 Å². The molecule has 0 spiro atoms. The maximum Gasteiger partial charge on any atom is 0.0760 e. The number of hydrogen-bond acceptors (Lipinski definition) is 3. The molecule has 100 valence electrons. The fourth-order valence-corrected chi connectivity index (χ4v) is 3.47. The molecule has 1 N–H and O–H groups in total. The lowest BCUT2D eigenvalue weighted by Crippen LogP contribution is -2.59. The molecular weight excluding hydrogens is 212 g/mol. The molecule has 0 aliphatic carbocycles. The van der Waals surface area contributed by atoms with Gasteiger partial charge in [0.1, 0.15) is 0 Å². The minimum atomic E-state index is -0.0174. The van der Waals surface area contributed by atoms with Crippen molar-refractivity contribution in [3.05, 3.63) is 0 Å². The highest BCUT2D eigenvalue weighted by molar-refractivity contribution is 4.91. The summed E-state index contributed by atoms with van der Waals surface area (Å²) in [5.41, 5.74) is -0.0349. The van der Waals surface area contributed by atoms with Gasteiger partial charge in [0.05, 0.1) is 11.2 Å². The molecule has 17 heavy (non-hydrogen) atoms. The Morgan fingerprint density at radius 1 is 1.12 bits per heavy atom. The van der Waals surface area contributed by atoms with E-state index in [1.54, 1.807) is 0 Å². The van der Waals surface area contributed by atoms with Crippen molar-refractivity contribution in [1.82, 2.24) is 10.2 Å². The first-order valence-corrected chi connectivity index (χ1v) is 7.02. The zero-order valence-corrected chi connectivity index (χ0v) is 11.9. The average Bonchev–Trinajstić information content (AvgIpc) is 2.13. The van der Waals surface area contributed by atoms with Crippen LogP contribution in [0.1, 0.15) is 47.0 Å². The molecule has 0 aromatic rings. The maximum atomic E-state index is 6.12. The second-order valence-electron chi connectivity index (χ2n) is 6.94. The average molecular weight is 240 g/mol. The van der Waals surface area contributed by atoms with Gasteiger partial charge >= 0.3 is 0 Å². The fraction of sp³-hybridized carbons (Fsp3) is 1.00. The van der Waals surface area contributed by atoms with Crippen LogP contribution < -0.4 is 5.32 Å². The van der Waals surface area contributed by atoms with Crippen molar-refractivity contribution in [2.24, 2.45) is 0 Å². The molecule has 2 aliphatic rings. The van der Waals surface area contributed by atoms with Crippen LogP contribution in [0.2, 0.25) is 0 Å². The zero-order chi connectivity index (χ0) is 12.5. The molecule has 2 saturated heterocycles. The molecule has 0 bridgehead atoms. The fourth-order valence-electron chi connectivity index (χ4n) is 3.47. The topological polar surface area (TPSA) is 24.5 Å². The van der Waals surface area contributed by atoms with Crippen LogP contribution in [-0.2, 0) is 4.74 Å². The first kappa shape index (κ1) is 13.3. The van der Waals surface area contributed by atoms with Gasteiger partial charge < -0.3 is 10.1 Å². The van der Waals surface area contributed by atoms with Gasteiger partial charge in [-0.1, -0.05) is 6.42 Å². The Balaban J connectivity index is 1.91. The van der Waals surface area contributed by atoms with Crippen molar-refractivity contribution < 1.29 is 4.74 Å². The van der Waals surface area contributed by atoms with E-state index in [1.165, 1.54) is 32.4 Å². The van der Waals surface area contributed by atoms with E-state index in [9.17, 15) is 0 Å². The molecule has 2 fully saturated rings. The van der Waals surface area contributed by atoms with Gasteiger partial charge in [-0.3, -0.25) is 4.90 Å². The molecule has 2 rings (SSSR count). The van der Waals surface area contributed by atoms with Gasteiger partial charge in [0.2, 0.25) is 0 Å². The largest absolute Gasteiger partial charge is 0.367 e. The summed E-state index contributed by atoms with van der Waals surface area (Å²) in [5, 5.41) is 3.64. The lowest BCUT2D eigenvalue weighted by atomic mass is 9.97. The van der Waals surface area contributed by atoms with Crippen molar-refractivity contribution in [1.29, 1.82) is 0 Å². The van der Waals surface area contributed by atoms with E-state index >= 15 is 0 Å². The first-order valence-electron chi connectivity index (χ1n) is 7.02. The first-order chi connectivity index (χ1) is 7.86. The van der Waals surface area contributed by atoms with Gasteiger partial charge in [0, 0.05) is 25.7 Å². The second-order valence-corrected chi connectivity index (χ2v) is 6.94. The monoisotopic (exact) mass is 240 g/mol. The number of morpholine rings is 1. The molecule has 0 radical (unpaired) electrons. The minimum absolute atomic E-state index is 0.0174. The number of nitrogens with zero attached hydrogens (tertiary/aromatic N) is 1. The molecule has 1 unspecified atom stereocenters. The van der Waals surface area contributed by atoms with Gasteiger partial charge in [0.15, 0.2) is 0 Å². The molecular formula is C14H28N2O. The van der Waals surface area contributed by atoms with E-state index in [0.29, 0.717) is 6.04 Å². The smallest absolute Gasteiger partial charge is 0.0760 e. The standard InChI is InChI=1S/C14H28N2O/c1-13(2)10-16(11-14(3,4)17-13)9-12-7-5-6-8-15-12/h12,15H,5-11H2,1-4H3. The summed E-state index contributed by atoms with van der Waals surface area (Å²) in [6.45, 7) is 13.3. The van der Waals surface area contributed by atoms with Crippen LogP contribution in [0.3, 0.4) is 0 Å². The molecule has 2 heterocycles. The predicted octanol–water partition coefficient (Wildman–Crippen LogP) is 2.02. The molecule has 1 atom stereocenters. The van der Waals surface area contributed by atoms with E-state index in [2.05, 4.69) is 37.9 Å². The van der Waals surface area contributed by atoms with Crippen LogP contribution in [0.5, 0.6) is 0 Å². The van der Waals surface area contributed by atoms with Crippen molar-refractivity contribution in [2.45, 2.75) is 64.2 Å². The molecule has 3 nitrogen and oxygen atoms in total. The molecule has 0 aromatic heterocycles. The van der Waals surface area contributed by atoms with E-state index < -0.39 is 0 Å². The van der Waals surface area contributed by atoms with Crippen LogP contribution in [-0.4, -0.2) is 48.3 Å². The highest BCUT2D eigenvalue weighted by Crippen LogP contribution is 2.28. The van der Waals surface area contributed by atoms with Gasteiger partial charge in [-0.2, -0.15) is 0 Å². The number of rotatable bonds is 2. The van der Waals surface area contributed by atoms with Crippen LogP contribution in [0.25, 0.3) is 0 Å². The Labute approximate surface area is 106 Å². The van der Waals surface area contributed by atoms with Crippen LogP contribution in [0.15, 0.2) is 0 Å². The Bertz CT molecular complexity index is 241. The van der Waals surface area contributed by atoms with Gasteiger partial charge in [-0.05, 0) is 47.1 Å². The highest BCUT2D eigenvalue weighted by Gasteiger charge is 2.38. The molecule has 0 saturated carbocycles. The van der Waals surface area contributed by atoms with Crippen LogP contribution in [0, 0.1) is 0 Å². The maximum absolute atomic E-state index is 6.12. The molecule has 3 heteroatoms. The number of nitrogens with one attached hydrogen (secondary N) is 1. The van der Waals surface area contributed by atoms with E-state index in [-0.39, 0.29) is 11.2 Å². The van der Waals surface area contributed by atoms with Crippen molar-refractivity contribution in [2.75, 3.05) is 26.2 Å². The summed E-state index contributed by atoms with van der Waals surface area (Å²) in [5.74, 6) is 0. The summed E-state index contributed by atoms with van der Waals surface area (Å²) < 4.78 is 6.12. The summed E-state index contributed by atoms with van der Waals surface area (Å²) in [7, 11) is 0. The zero-order valence-electron chi connectivity index (χ0n) is 11.9. The van der Waals surface area contributed by atoms with Gasteiger partial charge in [-0.25, -0.2) is 0 Å². The Hall–Kier alpha value is -0.120. The normalized spacial score (nSPS) is 33.5. The third kappa shape index (κ3) is 3.94. The highest BCUT2D eigenvalue weighted by atomic mass is 16.5. The summed E-state index contributed by atoms with van der Waals surface area (Å²) in [6.07, 6.45) is 4.06. The number of ether oxygens (including phenoxy) is 1. The predicted molar refractivity (Wildman–Crippen MR) is 71.3 cm³/mol. The third-order valence-corrected chi connectivity index (χ3v) is 3.65. The lowest BCUT2D eigenvalue weighted by molar-refractivity contribution is -0.181. The van der Waals surface area contributed by atoms with E-state index in [1.807, 2.05) is 0 Å². The Kier molecular flexibility index (Phi) is 3.81. The van der Waals surface area contributed by atoms with E-state index in [0.717, 1.165) is 13.1 Å². The summed E-state index contributed by atoms with van der Waals surface area (Å²) in [6, 6.07) is 0.688. The summed E-state index contributed by atoms with van der Waals surface area (Å²) in [4.78, 5) is 2.58. The van der Waals surface area contributed by atoms with Gasteiger partial charge in [0.25, 0.3) is 0 Å². The minimum Gasteiger partial charge on any atom is -0.367 e. The number of hydrogen-bond donors (Lipinski definition) is 1. The molecule has 0 aromatic carbocycles. The number of piperidine rings is 1. The van der Waals surface area contributed by atoms with Gasteiger partial charge in [-0.15, -0.1) is 0 Å². The summed E-state index contributed by atoms with van der Waals surface area (Å²) >= 11 is 0. The SMILES string of the molecule is CC1(C)CN(CC2CCCCN2)CC(C)(C)O1. The van der Waals surface area contributed by atoms with E-state index in [4.69, 9.17) is 4.74 Å². The quantitative estimate of drug-likeness (QED) is 0.799. The Morgan fingerprint density at radius 3 is 2.29 bits per heavy atom. The lowest BCUT2D eigenvalue weighted by Gasteiger charge is -2.48.